The summed E-state index contributed by atoms with van der Waals surface area (Å²) in [5.74, 6) is 0. The van der Waals surface area contributed by atoms with E-state index in [-0.39, 0.29) is 5.54 Å². The van der Waals surface area contributed by atoms with Crippen LogP contribution in [0.5, 0.6) is 0 Å². The highest BCUT2D eigenvalue weighted by Gasteiger charge is 2.30. The Hall–Kier alpha value is -0.390. The maximum absolute atomic E-state index is 11.6. The molecule has 1 aliphatic carbocycles. The van der Waals surface area contributed by atoms with Gasteiger partial charge in [-0.05, 0) is 46.5 Å². The zero-order chi connectivity index (χ0) is 13.4. The minimum absolute atomic E-state index is 0.295. The highest BCUT2D eigenvalue weighted by molar-refractivity contribution is 9.10. The van der Waals surface area contributed by atoms with Gasteiger partial charge >= 0.3 is 0 Å². The number of hydrogen-bond acceptors (Lipinski definition) is 3. The first kappa shape index (κ1) is 14.0. The highest BCUT2D eigenvalue weighted by atomic mass is 79.9. The third-order valence-corrected chi connectivity index (χ3v) is 5.73. The summed E-state index contributed by atoms with van der Waals surface area (Å²) in [6.45, 7) is 0. The van der Waals surface area contributed by atoms with Gasteiger partial charge < -0.3 is 5.73 Å². The lowest BCUT2D eigenvalue weighted by molar-refractivity contribution is 0.302. The summed E-state index contributed by atoms with van der Waals surface area (Å²) < 4.78 is 23.7. The van der Waals surface area contributed by atoms with Gasteiger partial charge in [-0.3, -0.25) is 0 Å². The SMILES string of the molecule is CS(=O)(=O)c1ccc(C2(N)CCCCC2)cc1Br. The molecule has 0 aromatic heterocycles. The van der Waals surface area contributed by atoms with Crippen LogP contribution in [0.1, 0.15) is 37.7 Å². The van der Waals surface area contributed by atoms with Crippen LogP contribution in [0.2, 0.25) is 0 Å². The maximum atomic E-state index is 11.6. The van der Waals surface area contributed by atoms with Crippen molar-refractivity contribution in [1.29, 1.82) is 0 Å². The zero-order valence-electron chi connectivity index (χ0n) is 10.4. The third-order valence-electron chi connectivity index (χ3n) is 3.65. The fourth-order valence-corrected chi connectivity index (χ4v) is 4.57. The van der Waals surface area contributed by atoms with Crippen molar-refractivity contribution < 1.29 is 8.42 Å². The highest BCUT2D eigenvalue weighted by Crippen LogP contribution is 2.36. The topological polar surface area (TPSA) is 60.2 Å². The standard InChI is InChI=1S/C13H18BrNO2S/c1-18(16,17)12-6-5-10(9-11(12)14)13(15)7-3-2-4-8-13/h5-6,9H,2-4,7-8,15H2,1H3. The second kappa shape index (κ2) is 4.94. The molecule has 0 spiro atoms. The molecule has 1 aliphatic rings. The zero-order valence-corrected chi connectivity index (χ0v) is 12.9. The molecule has 5 heteroatoms. The van der Waals surface area contributed by atoms with Crippen molar-refractivity contribution in [2.75, 3.05) is 6.26 Å². The molecule has 0 unspecified atom stereocenters. The van der Waals surface area contributed by atoms with Crippen LogP contribution < -0.4 is 5.73 Å². The Morgan fingerprint density at radius 1 is 1.22 bits per heavy atom. The molecule has 0 amide bonds. The molecule has 0 bridgehead atoms. The monoisotopic (exact) mass is 331 g/mol. The molecular formula is C13H18BrNO2S. The van der Waals surface area contributed by atoms with E-state index in [0.29, 0.717) is 9.37 Å². The van der Waals surface area contributed by atoms with Crippen molar-refractivity contribution in [2.45, 2.75) is 42.5 Å². The summed E-state index contributed by atoms with van der Waals surface area (Å²) in [6.07, 6.45) is 6.67. The Labute approximate surface area is 117 Å². The molecule has 2 N–H and O–H groups in total. The summed E-state index contributed by atoms with van der Waals surface area (Å²) in [5, 5.41) is 0. The second-order valence-electron chi connectivity index (χ2n) is 5.13. The molecule has 3 nitrogen and oxygen atoms in total. The Morgan fingerprint density at radius 2 is 1.83 bits per heavy atom. The molecule has 1 saturated carbocycles. The molecule has 1 aromatic carbocycles. The van der Waals surface area contributed by atoms with Crippen LogP contribution in [-0.4, -0.2) is 14.7 Å². The molecule has 100 valence electrons. The minimum Gasteiger partial charge on any atom is -0.321 e. The van der Waals surface area contributed by atoms with E-state index in [9.17, 15) is 8.42 Å². The lowest BCUT2D eigenvalue weighted by Crippen LogP contribution is -2.38. The van der Waals surface area contributed by atoms with Crippen LogP contribution in [0.3, 0.4) is 0 Å². The Balaban J connectivity index is 2.40. The summed E-state index contributed by atoms with van der Waals surface area (Å²) in [5.41, 5.74) is 7.17. The van der Waals surface area contributed by atoms with Crippen LogP contribution in [-0.2, 0) is 15.4 Å². The van der Waals surface area contributed by atoms with Crippen LogP contribution >= 0.6 is 15.9 Å². The van der Waals surface area contributed by atoms with E-state index in [2.05, 4.69) is 15.9 Å². The Bertz CT molecular complexity index is 548. The van der Waals surface area contributed by atoms with Crippen molar-refractivity contribution in [1.82, 2.24) is 0 Å². The minimum atomic E-state index is -3.19. The molecule has 1 aromatic rings. The fraction of sp³-hybridized carbons (Fsp3) is 0.538. The Morgan fingerprint density at radius 3 is 2.33 bits per heavy atom. The van der Waals surface area contributed by atoms with Crippen LogP contribution in [0.15, 0.2) is 27.6 Å². The number of nitrogens with two attached hydrogens (primary N) is 1. The number of rotatable bonds is 2. The van der Waals surface area contributed by atoms with Crippen molar-refractivity contribution in [3.63, 3.8) is 0 Å². The molecule has 2 rings (SSSR count). The predicted molar refractivity (Wildman–Crippen MR) is 76.2 cm³/mol. The first-order valence-electron chi connectivity index (χ1n) is 6.12. The first-order valence-corrected chi connectivity index (χ1v) is 8.80. The van der Waals surface area contributed by atoms with Gasteiger partial charge in [0.15, 0.2) is 9.84 Å². The van der Waals surface area contributed by atoms with Crippen molar-refractivity contribution in [2.24, 2.45) is 5.73 Å². The van der Waals surface area contributed by atoms with Gasteiger partial charge in [-0.25, -0.2) is 8.42 Å². The van der Waals surface area contributed by atoms with Crippen molar-refractivity contribution in [3.8, 4) is 0 Å². The van der Waals surface area contributed by atoms with E-state index in [4.69, 9.17) is 5.73 Å². The van der Waals surface area contributed by atoms with Gasteiger partial charge in [0.25, 0.3) is 0 Å². The summed E-state index contributed by atoms with van der Waals surface area (Å²) >= 11 is 3.34. The van der Waals surface area contributed by atoms with Gasteiger partial charge in [-0.2, -0.15) is 0 Å². The van der Waals surface area contributed by atoms with Crippen LogP contribution in [0.4, 0.5) is 0 Å². The molecular weight excluding hydrogens is 314 g/mol. The van der Waals surface area contributed by atoms with E-state index in [1.807, 2.05) is 12.1 Å². The summed E-state index contributed by atoms with van der Waals surface area (Å²) in [7, 11) is -3.19. The molecule has 0 saturated heterocycles. The number of sulfone groups is 1. The first-order chi connectivity index (χ1) is 8.33. The average Bonchev–Trinajstić information content (AvgIpc) is 2.28. The van der Waals surface area contributed by atoms with Crippen LogP contribution in [0.25, 0.3) is 0 Å². The van der Waals surface area contributed by atoms with E-state index in [1.54, 1.807) is 6.07 Å². The lowest BCUT2D eigenvalue weighted by Gasteiger charge is -2.34. The van der Waals surface area contributed by atoms with E-state index in [0.717, 1.165) is 31.2 Å². The molecule has 1 fully saturated rings. The van der Waals surface area contributed by atoms with Gasteiger partial charge in [0.2, 0.25) is 0 Å². The average molecular weight is 332 g/mol. The second-order valence-corrected chi connectivity index (χ2v) is 7.97. The summed E-state index contributed by atoms with van der Waals surface area (Å²) in [6, 6.07) is 5.37. The third kappa shape index (κ3) is 2.78. The van der Waals surface area contributed by atoms with Crippen molar-refractivity contribution in [3.05, 3.63) is 28.2 Å². The lowest BCUT2D eigenvalue weighted by atomic mass is 9.77. The quantitative estimate of drug-likeness (QED) is 0.906. The molecule has 0 heterocycles. The summed E-state index contributed by atoms with van der Waals surface area (Å²) in [4.78, 5) is 0.325. The van der Waals surface area contributed by atoms with Crippen molar-refractivity contribution >= 4 is 25.8 Å². The molecule has 18 heavy (non-hydrogen) atoms. The van der Waals surface area contributed by atoms with Gasteiger partial charge in [0.05, 0.1) is 4.90 Å². The van der Waals surface area contributed by atoms with E-state index >= 15 is 0 Å². The smallest absolute Gasteiger partial charge is 0.176 e. The van der Waals surface area contributed by atoms with Gasteiger partial charge in [-0.1, -0.05) is 25.3 Å². The van der Waals surface area contributed by atoms with Crippen LogP contribution in [0, 0.1) is 0 Å². The van der Waals surface area contributed by atoms with Gasteiger partial charge in [0, 0.05) is 16.3 Å². The Kier molecular flexibility index (Phi) is 3.85. The normalized spacial score (nSPS) is 19.7. The van der Waals surface area contributed by atoms with Gasteiger partial charge in [-0.15, -0.1) is 0 Å². The number of halogens is 1. The maximum Gasteiger partial charge on any atom is 0.176 e. The van der Waals surface area contributed by atoms with E-state index in [1.165, 1.54) is 12.7 Å². The van der Waals surface area contributed by atoms with E-state index < -0.39 is 9.84 Å². The largest absolute Gasteiger partial charge is 0.321 e. The number of hydrogen-bond donors (Lipinski definition) is 1. The fourth-order valence-electron chi connectivity index (χ4n) is 2.58. The number of benzene rings is 1. The van der Waals surface area contributed by atoms with Gasteiger partial charge in [0.1, 0.15) is 0 Å². The molecule has 0 atom stereocenters. The molecule has 0 aliphatic heterocycles. The predicted octanol–water partition coefficient (Wildman–Crippen LogP) is 2.97. The molecule has 0 radical (unpaired) electrons.